The van der Waals surface area contributed by atoms with Crippen LogP contribution in [0.2, 0.25) is 0 Å². The minimum atomic E-state index is -3.40. The first-order valence-corrected chi connectivity index (χ1v) is 5.90. The van der Waals surface area contributed by atoms with E-state index in [9.17, 15) is 14.3 Å². The Morgan fingerprint density at radius 1 is 1.54 bits per heavy atom. The van der Waals surface area contributed by atoms with E-state index in [1.165, 1.54) is 6.92 Å². The van der Waals surface area contributed by atoms with Gasteiger partial charge in [-0.05, 0) is 12.8 Å². The summed E-state index contributed by atoms with van der Waals surface area (Å²) in [6.07, 6.45) is 0.123. The van der Waals surface area contributed by atoms with Crippen molar-refractivity contribution in [1.82, 2.24) is 0 Å². The van der Waals surface area contributed by atoms with E-state index in [4.69, 9.17) is 5.11 Å². The first-order chi connectivity index (χ1) is 5.74. The van der Waals surface area contributed by atoms with Gasteiger partial charge in [0.15, 0.2) is 0 Å². The Balaban J connectivity index is 4.58. The molecule has 0 aromatic heterocycles. The summed E-state index contributed by atoms with van der Waals surface area (Å²) in [6.45, 7) is 4.94. The van der Waals surface area contributed by atoms with E-state index in [2.05, 4.69) is 0 Å². The van der Waals surface area contributed by atoms with Gasteiger partial charge in [-0.25, -0.2) is 4.79 Å². The third kappa shape index (κ3) is 5.61. The highest BCUT2D eigenvalue weighted by Gasteiger charge is 2.18. The fourth-order valence-electron chi connectivity index (χ4n) is 0.934. The van der Waals surface area contributed by atoms with Gasteiger partial charge in [0.1, 0.15) is 0 Å². The average Bonchev–Trinajstić information content (AvgIpc) is 1.81. The van der Waals surface area contributed by atoms with Crippen LogP contribution in [-0.4, -0.2) is 22.1 Å². The van der Waals surface area contributed by atoms with Gasteiger partial charge >= 0.3 is 5.97 Å². The average molecular weight is 206 g/mol. The van der Waals surface area contributed by atoms with Gasteiger partial charge in [0.05, 0.1) is 0 Å². The van der Waals surface area contributed by atoms with E-state index < -0.39 is 13.3 Å². The summed E-state index contributed by atoms with van der Waals surface area (Å²) in [7, 11) is -3.40. The van der Waals surface area contributed by atoms with Gasteiger partial charge < -0.3 is 10.00 Å². The zero-order chi connectivity index (χ0) is 10.6. The van der Waals surface area contributed by atoms with E-state index >= 15 is 0 Å². The molecule has 0 radical (unpaired) electrons. The quantitative estimate of drug-likeness (QED) is 0.544. The molecule has 76 valence electrons. The summed E-state index contributed by atoms with van der Waals surface area (Å²) in [5.41, 5.74) is -0.0773. The fourth-order valence-corrected chi connectivity index (χ4v) is 2.80. The van der Waals surface area contributed by atoms with Crippen molar-refractivity contribution < 1.29 is 19.4 Å². The number of carbonyl (C=O) groups is 1. The largest absolute Gasteiger partial charge is 0.478 e. The van der Waals surface area contributed by atoms with Crippen LogP contribution in [0.25, 0.3) is 0 Å². The molecule has 0 saturated carbocycles. The Morgan fingerprint density at radius 2 is 2.00 bits per heavy atom. The van der Waals surface area contributed by atoms with Gasteiger partial charge in [0.25, 0.3) is 0 Å². The normalized spacial score (nSPS) is 17.2. The molecule has 0 aliphatic carbocycles. The highest BCUT2D eigenvalue weighted by atomic mass is 31.2. The van der Waals surface area contributed by atoms with Crippen molar-refractivity contribution in [2.24, 2.45) is 5.92 Å². The van der Waals surface area contributed by atoms with Crippen molar-refractivity contribution in [3.8, 4) is 0 Å². The van der Waals surface area contributed by atoms with Gasteiger partial charge in [0.2, 0.25) is 7.37 Å². The molecular formula is C8H15O4P. The molecule has 0 fully saturated rings. The minimum absolute atomic E-state index is 0.0773. The van der Waals surface area contributed by atoms with Crippen LogP contribution in [0.5, 0.6) is 0 Å². The van der Waals surface area contributed by atoms with Crippen molar-refractivity contribution >= 4 is 13.3 Å². The molecule has 1 unspecified atom stereocenters. The van der Waals surface area contributed by atoms with Crippen molar-refractivity contribution in [1.29, 1.82) is 0 Å². The maximum absolute atomic E-state index is 11.4. The molecule has 1 atom stereocenters. The van der Waals surface area contributed by atoms with Gasteiger partial charge in [-0.1, -0.05) is 13.8 Å². The smallest absolute Gasteiger partial charge is 0.331 e. The third-order valence-corrected chi connectivity index (χ3v) is 3.40. The SMILES string of the molecule is CC(=CP(=O)(O)CC(C)C)C(=O)O. The predicted molar refractivity (Wildman–Crippen MR) is 50.9 cm³/mol. The highest BCUT2D eigenvalue weighted by Crippen LogP contribution is 2.44. The lowest BCUT2D eigenvalue weighted by Crippen LogP contribution is -2.00. The Kier molecular flexibility index (Phi) is 4.37. The molecule has 0 aliphatic heterocycles. The van der Waals surface area contributed by atoms with E-state index in [-0.39, 0.29) is 17.7 Å². The van der Waals surface area contributed by atoms with Crippen LogP contribution in [0.4, 0.5) is 0 Å². The summed E-state index contributed by atoms with van der Waals surface area (Å²) in [6, 6.07) is 0. The van der Waals surface area contributed by atoms with Crippen LogP contribution < -0.4 is 0 Å². The molecule has 0 aliphatic rings. The van der Waals surface area contributed by atoms with E-state index in [1.807, 2.05) is 13.8 Å². The van der Waals surface area contributed by atoms with Gasteiger partial charge in [-0.3, -0.25) is 4.57 Å². The monoisotopic (exact) mass is 206 g/mol. The van der Waals surface area contributed by atoms with E-state index in [1.54, 1.807) is 0 Å². The van der Waals surface area contributed by atoms with Crippen LogP contribution in [0.1, 0.15) is 20.8 Å². The Bertz CT molecular complexity index is 267. The lowest BCUT2D eigenvalue weighted by atomic mass is 10.3. The zero-order valence-corrected chi connectivity index (χ0v) is 8.91. The van der Waals surface area contributed by atoms with Crippen molar-refractivity contribution in [2.45, 2.75) is 20.8 Å². The molecular weight excluding hydrogens is 191 g/mol. The highest BCUT2D eigenvalue weighted by molar-refractivity contribution is 7.61. The number of carboxylic acids is 1. The van der Waals surface area contributed by atoms with Crippen LogP contribution >= 0.6 is 7.37 Å². The summed E-state index contributed by atoms with van der Waals surface area (Å²) in [4.78, 5) is 19.7. The second-order valence-corrected chi connectivity index (χ2v) is 5.58. The molecule has 0 heterocycles. The standard InChI is InChI=1S/C8H15O4P/c1-6(2)4-13(11,12)5-7(3)8(9)10/h5-6H,4H2,1-3H3,(H,9,10)(H,11,12). The molecule has 0 spiro atoms. The van der Waals surface area contributed by atoms with Crippen LogP contribution in [0.3, 0.4) is 0 Å². The van der Waals surface area contributed by atoms with E-state index in [0.29, 0.717) is 0 Å². The topological polar surface area (TPSA) is 74.6 Å². The summed E-state index contributed by atoms with van der Waals surface area (Å²) >= 11 is 0. The van der Waals surface area contributed by atoms with Crippen LogP contribution in [-0.2, 0) is 9.36 Å². The summed E-state index contributed by atoms with van der Waals surface area (Å²) in [5, 5.41) is 8.48. The molecule has 0 aromatic rings. The van der Waals surface area contributed by atoms with Crippen molar-refractivity contribution in [3.63, 3.8) is 0 Å². The number of carboxylic acid groups (broad SMARTS) is 1. The predicted octanol–water partition coefficient (Wildman–Crippen LogP) is 1.90. The second-order valence-electron chi connectivity index (χ2n) is 3.45. The Morgan fingerprint density at radius 3 is 2.31 bits per heavy atom. The zero-order valence-electron chi connectivity index (χ0n) is 8.02. The third-order valence-electron chi connectivity index (χ3n) is 1.36. The maximum Gasteiger partial charge on any atom is 0.331 e. The summed E-state index contributed by atoms with van der Waals surface area (Å²) < 4.78 is 11.4. The van der Waals surface area contributed by atoms with Crippen molar-refractivity contribution in [3.05, 3.63) is 11.4 Å². The summed E-state index contributed by atoms with van der Waals surface area (Å²) in [5.74, 6) is -0.123. The Hall–Kier alpha value is -0.600. The molecule has 0 bridgehead atoms. The number of hydrogen-bond acceptors (Lipinski definition) is 2. The molecule has 4 nitrogen and oxygen atoms in total. The number of rotatable bonds is 4. The number of hydrogen-bond donors (Lipinski definition) is 2. The molecule has 0 amide bonds. The molecule has 2 N–H and O–H groups in total. The van der Waals surface area contributed by atoms with Gasteiger partial charge in [0, 0.05) is 17.6 Å². The van der Waals surface area contributed by atoms with E-state index in [0.717, 1.165) is 5.82 Å². The lowest BCUT2D eigenvalue weighted by molar-refractivity contribution is -0.132. The molecule has 13 heavy (non-hydrogen) atoms. The second kappa shape index (κ2) is 4.58. The minimum Gasteiger partial charge on any atom is -0.478 e. The van der Waals surface area contributed by atoms with Crippen LogP contribution in [0, 0.1) is 5.92 Å². The number of aliphatic carboxylic acids is 1. The first-order valence-electron chi connectivity index (χ1n) is 3.99. The molecule has 0 rings (SSSR count). The van der Waals surface area contributed by atoms with Gasteiger partial charge in [-0.2, -0.15) is 0 Å². The molecule has 5 heteroatoms. The lowest BCUT2D eigenvalue weighted by Gasteiger charge is -2.09. The van der Waals surface area contributed by atoms with Gasteiger partial charge in [-0.15, -0.1) is 0 Å². The first kappa shape index (κ1) is 12.4. The van der Waals surface area contributed by atoms with Crippen molar-refractivity contribution in [2.75, 3.05) is 6.16 Å². The Labute approximate surface area is 77.7 Å². The van der Waals surface area contributed by atoms with Crippen LogP contribution in [0.15, 0.2) is 11.4 Å². The maximum atomic E-state index is 11.4. The fraction of sp³-hybridized carbons (Fsp3) is 0.625. The molecule has 0 aromatic carbocycles. The molecule has 0 saturated heterocycles.